The summed E-state index contributed by atoms with van der Waals surface area (Å²) in [5, 5.41) is 92.4. The lowest BCUT2D eigenvalue weighted by atomic mass is 9.89. The second kappa shape index (κ2) is 46.4. The topological polar surface area (TPSA) is 748 Å². The molecule has 1 aliphatic carbocycles. The van der Waals surface area contributed by atoms with Crippen molar-refractivity contribution >= 4 is 141 Å². The molecule has 2 aromatic carbocycles. The molecule has 1 saturated heterocycles. The molecule has 2 aromatic heterocycles. The fourth-order valence-electron chi connectivity index (χ4n) is 12.8. The number of hydrogen-bond acceptors (Lipinski definition) is 28. The Bertz CT molecular complexity index is 5260. The van der Waals surface area contributed by atoms with Gasteiger partial charge in [0.2, 0.25) is 94.5 Å². The van der Waals surface area contributed by atoms with Crippen LogP contribution in [0, 0.1) is 0 Å². The summed E-state index contributed by atoms with van der Waals surface area (Å²) >= 11 is 0.676. The molecular weight excluding hydrogens is 1720 g/mol. The third-order valence-electron chi connectivity index (χ3n) is 19.9. The summed E-state index contributed by atoms with van der Waals surface area (Å²) in [7, 11) is 0. The number of aromatic hydroxyl groups is 1. The molecule has 0 saturated carbocycles. The van der Waals surface area contributed by atoms with Crippen LogP contribution in [0.3, 0.4) is 0 Å². The summed E-state index contributed by atoms with van der Waals surface area (Å²) in [5.41, 5.74) is 5.56. The number of carbonyl (C=O) groups excluding carboxylic acids is 17. The number of likely N-dealkylation sites (tertiary alicyclic amines) is 1. The van der Waals surface area contributed by atoms with Crippen molar-refractivity contribution in [3.05, 3.63) is 112 Å². The van der Waals surface area contributed by atoms with Gasteiger partial charge in [-0.05, 0) is 116 Å². The predicted molar refractivity (Wildman–Crippen MR) is 449 cm³/mol. The van der Waals surface area contributed by atoms with Gasteiger partial charge in [0, 0.05) is 104 Å². The molecule has 49 heteroatoms. The van der Waals surface area contributed by atoms with Crippen molar-refractivity contribution in [3.63, 3.8) is 0 Å². The lowest BCUT2D eigenvalue weighted by molar-refractivity contribution is -0.139. The zero-order valence-corrected chi connectivity index (χ0v) is 71.6. The van der Waals surface area contributed by atoms with Gasteiger partial charge in [0.1, 0.15) is 95.6 Å². The first kappa shape index (κ1) is 101. The lowest BCUT2D eigenvalue weighted by Gasteiger charge is -2.27. The van der Waals surface area contributed by atoms with E-state index >= 15 is 0 Å². The highest BCUT2D eigenvalue weighted by Crippen LogP contribution is 2.42. The van der Waals surface area contributed by atoms with Crippen LogP contribution in [0.5, 0.6) is 5.75 Å². The smallest absolute Gasteiger partial charge is 0.336 e. The van der Waals surface area contributed by atoms with E-state index in [0.29, 0.717) is 17.1 Å². The van der Waals surface area contributed by atoms with Crippen molar-refractivity contribution in [1.29, 1.82) is 0 Å². The molecule has 7 rings (SSSR count). The highest BCUT2D eigenvalue weighted by molar-refractivity contribution is 8.00. The van der Waals surface area contributed by atoms with E-state index < -0.39 is 264 Å². The average molecular weight is 1820 g/mol. The van der Waals surface area contributed by atoms with Gasteiger partial charge >= 0.3 is 17.9 Å². The number of primary amides is 1. The van der Waals surface area contributed by atoms with E-state index in [4.69, 9.17) is 15.3 Å². The lowest BCUT2D eigenvalue weighted by Crippen LogP contribution is -2.61. The van der Waals surface area contributed by atoms with Crippen LogP contribution in [0.2, 0.25) is 0 Å². The number of thioether (sulfide) groups is 1. The van der Waals surface area contributed by atoms with Crippen LogP contribution in [-0.2, 0) is 99.1 Å². The van der Waals surface area contributed by atoms with E-state index in [1.54, 1.807) is 0 Å². The van der Waals surface area contributed by atoms with Crippen molar-refractivity contribution in [2.75, 3.05) is 18.8 Å². The number of imide groups is 1. The van der Waals surface area contributed by atoms with Crippen LogP contribution in [0.1, 0.15) is 127 Å². The number of aliphatic hydroxyl groups is 2. The molecule has 16 atom stereocenters. The second-order valence-electron chi connectivity index (χ2n) is 30.2. The number of benzene rings is 3. The molecule has 0 spiro atoms. The molecule has 24 N–H and O–H groups in total. The van der Waals surface area contributed by atoms with E-state index in [0.717, 1.165) is 73.3 Å². The number of H-pyrrole nitrogens is 2. The number of carboxylic acid groups (broad SMARTS) is 3. The Hall–Kier alpha value is -14.8. The molecule has 0 radical (unpaired) electrons. The SMILES string of the molecule is CC(=O)N[C@H](CCC(=O)O)C(=O)N[C@H](Cc1c[nH]cn1)C(=O)N[C@@H](C(=O)N[C@H](C)C(=O)N[C@H](C)C(=O)N[C@H](C)C(=O)N[C@H](CSC1CC(=O)N(CCNC(=O)c2ccc(C(=O)O)c(-c3c4ccc(=O)cc-4oc4cc(O)ccc34)c2)C1=O)C(=O)N[C@H](C)C(=O)N[C@H](C)C(=O)N[C@H](C)C(=O)N[C@@H](C(=O)N[C@H](Cc1c[nH]cn1)C(=O)N[C@H](CCC(=O)O)C(N)=O)[C@H](C)O)[C@H](C)O. The summed E-state index contributed by atoms with van der Waals surface area (Å²) in [6, 6.07) is -9.52. The third-order valence-corrected chi connectivity index (χ3v) is 21.2. The number of aromatic carboxylic acids is 1. The van der Waals surface area contributed by atoms with Gasteiger partial charge in [-0.15, -0.1) is 11.8 Å². The number of imidazole rings is 2. The van der Waals surface area contributed by atoms with Crippen molar-refractivity contribution in [1.82, 2.24) is 99.3 Å². The first-order valence-electron chi connectivity index (χ1n) is 40.0. The van der Waals surface area contributed by atoms with Crippen LogP contribution < -0.4 is 85.6 Å². The maximum absolute atomic E-state index is 14.4. The van der Waals surface area contributed by atoms with Gasteiger partial charge in [-0.1, -0.05) is 0 Å². The summed E-state index contributed by atoms with van der Waals surface area (Å²) < 4.78 is 5.91. The van der Waals surface area contributed by atoms with Gasteiger partial charge in [-0.2, -0.15) is 0 Å². The Morgan fingerprint density at radius 3 is 1.44 bits per heavy atom. The average Bonchev–Trinajstić information content (AvgIpc) is 1.53. The standard InChI is InChI=1S/C80H100N20O28S/c1-33(88-69(115)36(4)92-77(123)63(39(7)101)99-75(121)54(24-44-29-83-32-86-44)95-73(119)52(93-41(9)103)17-19-61(109)110)66(112)89-37(5)70(116)97-55(30-129-58-27-59(106)100(79(58)125)21-20-84-72(118)42-10-13-47(80(126)127)50(22-42)62-48-14-11-45(104)25-56(48)128-57-26-46(105)12-15-49(57)62)76(122)91-35(3)68(114)87-34(2)67(113)90-38(6)71(117)98-64(40(8)102)78(124)96-53(23-43-28-82-31-85-43)74(120)94-51(65(81)111)16-18-60(107)108/h10-15,22,25-26,28-29,31-40,51-55,58,63-64,101-102,104H,16-21,23-24,27,30H2,1-9H3,(H2,81,111)(H,82,85)(H,83,86)(H,84,118)(H,87,114)(H,88,115)(H,89,112)(H,90,113)(H,91,122)(H,92,123)(H,93,103)(H,94,120)(H,95,119)(H,96,124)(H,97,116)(H,98,117)(H,99,121)(H,107,108)(H,109,110)(H,126,127)/t33-,34-,35-,36-,37-,38-,39+,40+,51-,52-,53-,54-,55-,58?,63-,64-/m1/s1. The molecule has 1 fully saturated rings. The predicted octanol–water partition coefficient (Wildman–Crippen LogP) is -6.09. The van der Waals surface area contributed by atoms with Crippen molar-refractivity contribution < 1.29 is 131 Å². The number of nitrogens with two attached hydrogens (primary N) is 1. The monoisotopic (exact) mass is 1820 g/mol. The maximum Gasteiger partial charge on any atom is 0.336 e. The minimum absolute atomic E-state index is 0.00309. The van der Waals surface area contributed by atoms with Gasteiger partial charge in [-0.3, -0.25) is 101 Å². The van der Waals surface area contributed by atoms with E-state index in [1.165, 1.54) is 73.6 Å². The summed E-state index contributed by atoms with van der Waals surface area (Å²) in [6.07, 6.45) is -1.30. The first-order chi connectivity index (χ1) is 60.7. The summed E-state index contributed by atoms with van der Waals surface area (Å²) in [4.78, 5) is 293. The molecule has 17 amide bonds. The number of fused-ring (bicyclic) bond motifs is 2. The zero-order valence-electron chi connectivity index (χ0n) is 70.8. The molecule has 4 aromatic rings. The second-order valence-corrected chi connectivity index (χ2v) is 31.4. The van der Waals surface area contributed by atoms with Crippen LogP contribution in [-0.4, -0.2) is 289 Å². The summed E-state index contributed by atoms with van der Waals surface area (Å²) in [5.74, 6) is -22.0. The number of aromatic amines is 2. The number of carboxylic acids is 3. The van der Waals surface area contributed by atoms with Crippen LogP contribution in [0.25, 0.3) is 33.4 Å². The highest BCUT2D eigenvalue weighted by atomic mass is 32.2. The minimum Gasteiger partial charge on any atom is -0.508 e. The van der Waals surface area contributed by atoms with Crippen molar-refractivity contribution in [2.24, 2.45) is 5.73 Å². The Morgan fingerprint density at radius 2 is 0.953 bits per heavy atom. The van der Waals surface area contributed by atoms with Gasteiger partial charge in [-0.25, -0.2) is 14.8 Å². The van der Waals surface area contributed by atoms with Gasteiger partial charge in [0.05, 0.1) is 47.1 Å². The van der Waals surface area contributed by atoms with E-state index in [9.17, 15) is 126 Å². The van der Waals surface area contributed by atoms with Crippen LogP contribution in [0.15, 0.2) is 88.9 Å². The number of nitrogens with one attached hydrogen (secondary N) is 16. The Labute approximate surface area is 736 Å². The number of phenolic OH excluding ortho intramolecular Hbond substituents is 1. The first-order valence-corrected chi connectivity index (χ1v) is 41.0. The molecule has 3 aliphatic rings. The molecule has 129 heavy (non-hydrogen) atoms. The van der Waals surface area contributed by atoms with E-state index in [1.807, 2.05) is 0 Å². The minimum atomic E-state index is -1.84. The van der Waals surface area contributed by atoms with Gasteiger partial charge in [0.15, 0.2) is 5.43 Å². The number of rotatable bonds is 47. The zero-order chi connectivity index (χ0) is 95.7. The fourth-order valence-corrected chi connectivity index (χ4v) is 14.0. The number of aliphatic hydroxyl groups excluding tert-OH is 2. The third kappa shape index (κ3) is 29.1. The molecule has 4 heterocycles. The molecule has 0 bridgehead atoms. The van der Waals surface area contributed by atoms with Gasteiger partial charge < -0.3 is 125 Å². The van der Waals surface area contributed by atoms with Crippen molar-refractivity contribution in [3.8, 4) is 28.2 Å². The Balaban J connectivity index is 1.01. The van der Waals surface area contributed by atoms with E-state index in [2.05, 4.69) is 94.4 Å². The number of phenols is 1. The van der Waals surface area contributed by atoms with E-state index in [-0.39, 0.29) is 75.7 Å². The molecule has 2 aliphatic heterocycles. The Morgan fingerprint density at radius 1 is 0.512 bits per heavy atom. The van der Waals surface area contributed by atoms with Crippen LogP contribution >= 0.6 is 11.8 Å². The number of amides is 17. The number of carbonyl (C=O) groups is 20. The number of aromatic nitrogens is 4. The quantitative estimate of drug-likeness (QED) is 0.0125. The number of hydrogen-bond donors (Lipinski definition) is 23. The molecule has 694 valence electrons. The molecule has 1 unspecified atom stereocenters. The number of nitrogens with zero attached hydrogens (tertiary/aromatic N) is 3. The highest BCUT2D eigenvalue weighted by Gasteiger charge is 2.42. The van der Waals surface area contributed by atoms with Crippen molar-refractivity contribution in [2.45, 2.75) is 203 Å². The Kier molecular flexibility index (Phi) is 36.5. The molecule has 48 nitrogen and oxygen atoms in total. The summed E-state index contributed by atoms with van der Waals surface area (Å²) in [6.45, 7) is 9.35. The fraction of sp³-hybridized carbons (Fsp3) is 0.438. The number of aliphatic carboxylic acids is 2. The molecular formula is C80H100N20O28S. The largest absolute Gasteiger partial charge is 0.508 e. The normalized spacial score (nSPS) is 15.9. The van der Waals surface area contributed by atoms with Crippen LogP contribution in [0.4, 0.5) is 0 Å². The van der Waals surface area contributed by atoms with Gasteiger partial charge in [0.25, 0.3) is 5.91 Å². The maximum atomic E-state index is 14.4.